The molecule has 0 radical (unpaired) electrons. The molecule has 1 atom stereocenters. The molecule has 0 fully saturated rings. The van der Waals surface area contributed by atoms with E-state index in [9.17, 15) is 0 Å². The second kappa shape index (κ2) is 5.90. The Hall–Kier alpha value is -2.10. The zero-order chi connectivity index (χ0) is 13.8. The Bertz CT molecular complexity index is 582. The van der Waals surface area contributed by atoms with Gasteiger partial charge in [0.15, 0.2) is 0 Å². The summed E-state index contributed by atoms with van der Waals surface area (Å²) in [7, 11) is 0. The van der Waals surface area contributed by atoms with Gasteiger partial charge in [0.2, 0.25) is 5.95 Å². The smallest absolute Gasteiger partial charge is 0.224 e. The summed E-state index contributed by atoms with van der Waals surface area (Å²) in [6, 6.07) is 10.6. The van der Waals surface area contributed by atoms with Crippen molar-refractivity contribution in [2.75, 3.05) is 23.7 Å². The van der Waals surface area contributed by atoms with Crippen molar-refractivity contribution in [3.05, 3.63) is 47.7 Å². The Labute approximate surface area is 119 Å². The lowest BCUT2D eigenvalue weighted by Gasteiger charge is -2.30. The van der Waals surface area contributed by atoms with Gasteiger partial charge in [-0.3, -0.25) is 0 Å². The van der Waals surface area contributed by atoms with E-state index in [1.165, 1.54) is 11.1 Å². The number of nitrogens with zero attached hydrogens (tertiary/aromatic N) is 2. The Kier molecular flexibility index (Phi) is 3.81. The van der Waals surface area contributed by atoms with E-state index in [0.29, 0.717) is 11.9 Å². The van der Waals surface area contributed by atoms with Gasteiger partial charge in [-0.15, -0.1) is 0 Å². The monoisotopic (exact) mass is 268 g/mol. The molecule has 1 heterocycles. The second-order valence-electron chi connectivity index (χ2n) is 5.17. The van der Waals surface area contributed by atoms with Gasteiger partial charge in [-0.05, 0) is 30.0 Å². The van der Waals surface area contributed by atoms with Crippen LogP contribution in [0.5, 0.6) is 0 Å². The molecule has 0 saturated heterocycles. The maximum Gasteiger partial charge on any atom is 0.224 e. The Balaban J connectivity index is 1.57. The summed E-state index contributed by atoms with van der Waals surface area (Å²) in [5, 5.41) is 6.62. The lowest BCUT2D eigenvalue weighted by Crippen LogP contribution is -2.24. The fourth-order valence-electron chi connectivity index (χ4n) is 2.55. The summed E-state index contributed by atoms with van der Waals surface area (Å²) >= 11 is 0. The van der Waals surface area contributed by atoms with Crippen LogP contribution in [0.3, 0.4) is 0 Å². The van der Waals surface area contributed by atoms with Gasteiger partial charge in [0.25, 0.3) is 0 Å². The first kappa shape index (κ1) is 12.9. The van der Waals surface area contributed by atoms with E-state index < -0.39 is 0 Å². The molecule has 0 bridgehead atoms. The topological polar surface area (TPSA) is 49.8 Å². The van der Waals surface area contributed by atoms with Gasteiger partial charge >= 0.3 is 0 Å². The standard InChI is InChI=1S/C16H20N4/c1-2-8-17-16-18-9-7-15(20-16)19-11-13-10-12-5-3-4-6-14(12)13/h3-7,9,13H,2,8,10-11H2,1H3,(H2,17,18,19,20). The van der Waals surface area contributed by atoms with Crippen molar-refractivity contribution in [1.82, 2.24) is 9.97 Å². The van der Waals surface area contributed by atoms with Gasteiger partial charge in [-0.2, -0.15) is 4.98 Å². The molecule has 1 aromatic heterocycles. The van der Waals surface area contributed by atoms with Gasteiger partial charge in [0, 0.05) is 25.2 Å². The van der Waals surface area contributed by atoms with Crippen molar-refractivity contribution < 1.29 is 0 Å². The maximum absolute atomic E-state index is 4.46. The number of nitrogens with one attached hydrogen (secondary N) is 2. The van der Waals surface area contributed by atoms with E-state index in [1.54, 1.807) is 6.20 Å². The van der Waals surface area contributed by atoms with Crippen molar-refractivity contribution in [2.45, 2.75) is 25.7 Å². The van der Waals surface area contributed by atoms with Gasteiger partial charge < -0.3 is 10.6 Å². The number of aromatic nitrogens is 2. The molecule has 0 aliphatic heterocycles. The molecule has 1 aromatic carbocycles. The highest BCUT2D eigenvalue weighted by Gasteiger charge is 2.24. The van der Waals surface area contributed by atoms with E-state index in [1.807, 2.05) is 6.07 Å². The highest BCUT2D eigenvalue weighted by Crippen LogP contribution is 2.34. The van der Waals surface area contributed by atoms with Crippen LogP contribution in [0.15, 0.2) is 36.5 Å². The number of anilines is 2. The summed E-state index contributed by atoms with van der Waals surface area (Å²) in [6.07, 6.45) is 4.02. The van der Waals surface area contributed by atoms with Gasteiger partial charge in [0.1, 0.15) is 5.82 Å². The van der Waals surface area contributed by atoms with Crippen molar-refractivity contribution in [3.63, 3.8) is 0 Å². The van der Waals surface area contributed by atoms with Crippen LogP contribution in [0, 0.1) is 0 Å². The number of benzene rings is 1. The van der Waals surface area contributed by atoms with Crippen molar-refractivity contribution in [2.24, 2.45) is 0 Å². The van der Waals surface area contributed by atoms with E-state index in [-0.39, 0.29) is 0 Å². The van der Waals surface area contributed by atoms with Crippen LogP contribution >= 0.6 is 0 Å². The summed E-state index contributed by atoms with van der Waals surface area (Å²) in [6.45, 7) is 3.96. The largest absolute Gasteiger partial charge is 0.369 e. The normalized spacial score (nSPS) is 16.1. The summed E-state index contributed by atoms with van der Waals surface area (Å²) in [5.74, 6) is 2.20. The van der Waals surface area contributed by atoms with Crippen LogP contribution in [0.4, 0.5) is 11.8 Å². The molecule has 4 heteroatoms. The molecule has 0 amide bonds. The molecule has 4 nitrogen and oxygen atoms in total. The maximum atomic E-state index is 4.46. The number of rotatable bonds is 6. The van der Waals surface area contributed by atoms with Crippen LogP contribution in [-0.2, 0) is 6.42 Å². The minimum absolute atomic E-state index is 0.605. The molecule has 2 N–H and O–H groups in total. The number of hydrogen-bond acceptors (Lipinski definition) is 4. The quantitative estimate of drug-likeness (QED) is 0.845. The fourth-order valence-corrected chi connectivity index (χ4v) is 2.55. The molecule has 20 heavy (non-hydrogen) atoms. The second-order valence-corrected chi connectivity index (χ2v) is 5.17. The zero-order valence-corrected chi connectivity index (χ0v) is 11.8. The lowest BCUT2D eigenvalue weighted by molar-refractivity contribution is 0.634. The summed E-state index contributed by atoms with van der Waals surface area (Å²) < 4.78 is 0. The van der Waals surface area contributed by atoms with Crippen LogP contribution in [0.2, 0.25) is 0 Å². The van der Waals surface area contributed by atoms with E-state index in [0.717, 1.165) is 31.7 Å². The minimum Gasteiger partial charge on any atom is -0.369 e. The molecule has 1 aliphatic carbocycles. The third-order valence-corrected chi connectivity index (χ3v) is 3.68. The highest BCUT2D eigenvalue weighted by atomic mass is 15.1. The Morgan fingerprint density at radius 1 is 1.20 bits per heavy atom. The van der Waals surface area contributed by atoms with Gasteiger partial charge in [-0.25, -0.2) is 4.98 Å². The average molecular weight is 268 g/mol. The Morgan fingerprint density at radius 3 is 2.95 bits per heavy atom. The highest BCUT2D eigenvalue weighted by molar-refractivity contribution is 5.44. The molecular formula is C16H20N4. The Morgan fingerprint density at radius 2 is 2.10 bits per heavy atom. The average Bonchev–Trinajstić information content (AvgIpc) is 2.46. The molecule has 2 aromatic rings. The molecule has 0 spiro atoms. The van der Waals surface area contributed by atoms with Crippen LogP contribution in [-0.4, -0.2) is 23.1 Å². The summed E-state index contributed by atoms with van der Waals surface area (Å²) in [5.41, 5.74) is 2.95. The molecule has 1 aliphatic rings. The zero-order valence-electron chi connectivity index (χ0n) is 11.8. The van der Waals surface area contributed by atoms with Crippen LogP contribution < -0.4 is 10.6 Å². The predicted molar refractivity (Wildman–Crippen MR) is 82.2 cm³/mol. The van der Waals surface area contributed by atoms with E-state index in [4.69, 9.17) is 0 Å². The predicted octanol–water partition coefficient (Wildman–Crippen LogP) is 3.05. The van der Waals surface area contributed by atoms with E-state index in [2.05, 4.69) is 51.8 Å². The van der Waals surface area contributed by atoms with Crippen LogP contribution in [0.1, 0.15) is 30.4 Å². The fraction of sp³-hybridized carbons (Fsp3) is 0.375. The van der Waals surface area contributed by atoms with Crippen molar-refractivity contribution in [3.8, 4) is 0 Å². The SMILES string of the molecule is CCCNc1nccc(NCC2Cc3ccccc32)n1. The third kappa shape index (κ3) is 2.74. The van der Waals surface area contributed by atoms with E-state index >= 15 is 0 Å². The number of hydrogen-bond donors (Lipinski definition) is 2. The summed E-state index contributed by atoms with van der Waals surface area (Å²) in [4.78, 5) is 8.68. The minimum atomic E-state index is 0.605. The van der Waals surface area contributed by atoms with Crippen molar-refractivity contribution >= 4 is 11.8 Å². The third-order valence-electron chi connectivity index (χ3n) is 3.68. The molecule has 0 saturated carbocycles. The first-order valence-electron chi connectivity index (χ1n) is 7.25. The molecule has 104 valence electrons. The van der Waals surface area contributed by atoms with Crippen molar-refractivity contribution in [1.29, 1.82) is 0 Å². The van der Waals surface area contributed by atoms with Gasteiger partial charge in [0.05, 0.1) is 0 Å². The molecule has 3 rings (SSSR count). The molecular weight excluding hydrogens is 248 g/mol. The number of fused-ring (bicyclic) bond motifs is 1. The first-order chi connectivity index (χ1) is 9.86. The lowest BCUT2D eigenvalue weighted by atomic mass is 9.78. The van der Waals surface area contributed by atoms with Crippen LogP contribution in [0.25, 0.3) is 0 Å². The van der Waals surface area contributed by atoms with Gasteiger partial charge in [-0.1, -0.05) is 31.2 Å². The molecule has 1 unspecified atom stereocenters. The first-order valence-corrected chi connectivity index (χ1v) is 7.25.